The van der Waals surface area contributed by atoms with Gasteiger partial charge in [-0.05, 0) is 25.1 Å². The predicted octanol–water partition coefficient (Wildman–Crippen LogP) is 3.89. The highest BCUT2D eigenvalue weighted by Crippen LogP contribution is 2.39. The first-order valence-electron chi connectivity index (χ1n) is 8.65. The molecule has 1 aromatic heterocycles. The summed E-state index contributed by atoms with van der Waals surface area (Å²) in [5.74, 6) is 2.32. The van der Waals surface area contributed by atoms with Crippen molar-refractivity contribution in [1.29, 1.82) is 0 Å². The maximum atomic E-state index is 13.2. The van der Waals surface area contributed by atoms with Gasteiger partial charge in [-0.25, -0.2) is 0 Å². The molecule has 28 heavy (non-hydrogen) atoms. The van der Waals surface area contributed by atoms with Crippen molar-refractivity contribution in [3.05, 3.63) is 40.6 Å². The third-order valence-corrected chi connectivity index (χ3v) is 4.28. The minimum absolute atomic E-state index is 0.102. The standard InChI is InChI=1S/C21H22O7/c1-6-27-21-19(22)18-16(26-5)10-13(23-2)11-17(18)28-20(21)12-7-8-14(24-3)15(9-12)25-4/h7-11H,6H2,1-5H3. The van der Waals surface area contributed by atoms with Crippen molar-refractivity contribution in [2.24, 2.45) is 0 Å². The molecule has 3 aromatic rings. The number of benzene rings is 2. The van der Waals surface area contributed by atoms with Crippen LogP contribution in [0.2, 0.25) is 0 Å². The fourth-order valence-electron chi connectivity index (χ4n) is 2.96. The van der Waals surface area contributed by atoms with Crippen LogP contribution >= 0.6 is 0 Å². The van der Waals surface area contributed by atoms with E-state index >= 15 is 0 Å². The lowest BCUT2D eigenvalue weighted by atomic mass is 10.1. The molecule has 0 saturated carbocycles. The Labute approximate surface area is 162 Å². The lowest BCUT2D eigenvalue weighted by Gasteiger charge is -2.14. The lowest BCUT2D eigenvalue weighted by molar-refractivity contribution is 0.329. The van der Waals surface area contributed by atoms with Gasteiger partial charge in [0.05, 0.1) is 35.0 Å². The Morgan fingerprint density at radius 1 is 0.857 bits per heavy atom. The fraction of sp³-hybridized carbons (Fsp3) is 0.286. The van der Waals surface area contributed by atoms with E-state index in [-0.39, 0.29) is 22.3 Å². The number of ether oxygens (including phenoxy) is 5. The highest BCUT2D eigenvalue weighted by molar-refractivity contribution is 5.88. The Morgan fingerprint density at radius 2 is 1.57 bits per heavy atom. The summed E-state index contributed by atoms with van der Waals surface area (Å²) in [6.07, 6.45) is 0. The van der Waals surface area contributed by atoms with Crippen LogP contribution in [0, 0.1) is 0 Å². The quantitative estimate of drug-likeness (QED) is 0.610. The van der Waals surface area contributed by atoms with Gasteiger partial charge in [-0.15, -0.1) is 0 Å². The molecule has 0 aliphatic rings. The molecule has 0 unspecified atom stereocenters. The molecule has 0 N–H and O–H groups in total. The third kappa shape index (κ3) is 3.31. The van der Waals surface area contributed by atoms with Crippen molar-refractivity contribution in [3.63, 3.8) is 0 Å². The molecule has 0 radical (unpaired) electrons. The van der Waals surface area contributed by atoms with Crippen LogP contribution in [-0.4, -0.2) is 35.0 Å². The first-order valence-corrected chi connectivity index (χ1v) is 8.65. The predicted molar refractivity (Wildman–Crippen MR) is 105 cm³/mol. The van der Waals surface area contributed by atoms with Crippen molar-refractivity contribution in [2.45, 2.75) is 6.92 Å². The molecular weight excluding hydrogens is 364 g/mol. The second kappa shape index (κ2) is 8.12. The summed E-state index contributed by atoms with van der Waals surface area (Å²) in [7, 11) is 6.11. The van der Waals surface area contributed by atoms with Gasteiger partial charge in [0.15, 0.2) is 17.3 Å². The zero-order chi connectivity index (χ0) is 20.3. The van der Waals surface area contributed by atoms with E-state index in [1.807, 2.05) is 0 Å². The molecule has 0 aliphatic heterocycles. The maximum absolute atomic E-state index is 13.2. The van der Waals surface area contributed by atoms with Crippen LogP contribution in [0.4, 0.5) is 0 Å². The van der Waals surface area contributed by atoms with Gasteiger partial charge in [-0.2, -0.15) is 0 Å². The molecular formula is C21H22O7. The second-order valence-corrected chi connectivity index (χ2v) is 5.80. The van der Waals surface area contributed by atoms with Crippen LogP contribution in [0.15, 0.2) is 39.5 Å². The average molecular weight is 386 g/mol. The van der Waals surface area contributed by atoms with Gasteiger partial charge in [0.2, 0.25) is 11.2 Å². The number of hydrogen-bond acceptors (Lipinski definition) is 7. The zero-order valence-corrected chi connectivity index (χ0v) is 16.5. The van der Waals surface area contributed by atoms with Crippen LogP contribution in [0.1, 0.15) is 6.92 Å². The van der Waals surface area contributed by atoms with E-state index in [1.165, 1.54) is 21.3 Å². The summed E-state index contributed by atoms with van der Waals surface area (Å²) in [6, 6.07) is 8.50. The molecule has 0 aliphatic carbocycles. The van der Waals surface area contributed by atoms with Gasteiger partial charge < -0.3 is 28.1 Å². The number of hydrogen-bond donors (Lipinski definition) is 0. The van der Waals surface area contributed by atoms with Gasteiger partial charge in [0.1, 0.15) is 22.5 Å². The zero-order valence-electron chi connectivity index (χ0n) is 16.5. The normalized spacial score (nSPS) is 10.6. The van der Waals surface area contributed by atoms with Crippen LogP contribution in [0.25, 0.3) is 22.3 Å². The van der Waals surface area contributed by atoms with Gasteiger partial charge >= 0.3 is 0 Å². The molecule has 0 atom stereocenters. The molecule has 0 amide bonds. The molecule has 7 nitrogen and oxygen atoms in total. The van der Waals surface area contributed by atoms with Gasteiger partial charge in [0, 0.05) is 17.7 Å². The van der Waals surface area contributed by atoms with E-state index in [0.717, 1.165) is 0 Å². The first-order chi connectivity index (χ1) is 13.6. The van der Waals surface area contributed by atoms with Gasteiger partial charge in [-0.3, -0.25) is 4.79 Å². The van der Waals surface area contributed by atoms with Crippen molar-refractivity contribution in [3.8, 4) is 40.1 Å². The van der Waals surface area contributed by atoms with E-state index in [0.29, 0.717) is 40.8 Å². The van der Waals surface area contributed by atoms with E-state index in [4.69, 9.17) is 28.1 Å². The smallest absolute Gasteiger partial charge is 0.239 e. The van der Waals surface area contributed by atoms with Crippen LogP contribution in [0.3, 0.4) is 0 Å². The molecule has 3 rings (SSSR count). The topological polar surface area (TPSA) is 76.4 Å². The van der Waals surface area contributed by atoms with E-state index in [9.17, 15) is 4.79 Å². The summed E-state index contributed by atoms with van der Waals surface area (Å²) >= 11 is 0. The van der Waals surface area contributed by atoms with Gasteiger partial charge in [-0.1, -0.05) is 0 Å². The Hall–Kier alpha value is -3.35. The molecule has 0 fully saturated rings. The monoisotopic (exact) mass is 386 g/mol. The van der Waals surface area contributed by atoms with Crippen LogP contribution in [-0.2, 0) is 0 Å². The molecule has 7 heteroatoms. The summed E-state index contributed by atoms with van der Waals surface area (Å²) in [5, 5.41) is 0.288. The molecule has 0 saturated heterocycles. The highest BCUT2D eigenvalue weighted by atomic mass is 16.5. The first kappa shape index (κ1) is 19.4. The van der Waals surface area contributed by atoms with Crippen molar-refractivity contribution >= 4 is 11.0 Å². The largest absolute Gasteiger partial charge is 0.496 e. The molecule has 148 valence electrons. The second-order valence-electron chi connectivity index (χ2n) is 5.80. The summed E-state index contributed by atoms with van der Waals surface area (Å²) in [5.41, 5.74) is 0.615. The Kier molecular flexibility index (Phi) is 5.63. The minimum Gasteiger partial charge on any atom is -0.496 e. The molecule has 0 spiro atoms. The number of methoxy groups -OCH3 is 4. The third-order valence-electron chi connectivity index (χ3n) is 4.28. The minimum atomic E-state index is -0.326. The lowest BCUT2D eigenvalue weighted by Crippen LogP contribution is -2.11. The SMILES string of the molecule is CCOc1c(-c2ccc(OC)c(OC)c2)oc2cc(OC)cc(OC)c2c1=O. The van der Waals surface area contributed by atoms with Crippen molar-refractivity contribution in [1.82, 2.24) is 0 Å². The summed E-state index contributed by atoms with van der Waals surface area (Å²) < 4.78 is 33.0. The Morgan fingerprint density at radius 3 is 2.18 bits per heavy atom. The molecule has 0 bridgehead atoms. The highest BCUT2D eigenvalue weighted by Gasteiger charge is 2.22. The average Bonchev–Trinajstić information content (AvgIpc) is 2.74. The van der Waals surface area contributed by atoms with Crippen molar-refractivity contribution < 1.29 is 28.1 Å². The van der Waals surface area contributed by atoms with E-state index in [2.05, 4.69) is 0 Å². The molecule has 1 heterocycles. The van der Waals surface area contributed by atoms with E-state index < -0.39 is 0 Å². The van der Waals surface area contributed by atoms with Crippen LogP contribution in [0.5, 0.6) is 28.7 Å². The van der Waals surface area contributed by atoms with Gasteiger partial charge in [0.25, 0.3) is 0 Å². The Bertz CT molecular complexity index is 1050. The maximum Gasteiger partial charge on any atom is 0.239 e. The van der Waals surface area contributed by atoms with Crippen LogP contribution < -0.4 is 29.1 Å². The molecule has 2 aromatic carbocycles. The fourth-order valence-corrected chi connectivity index (χ4v) is 2.96. The number of rotatable bonds is 7. The number of fused-ring (bicyclic) bond motifs is 1. The van der Waals surface area contributed by atoms with Crippen molar-refractivity contribution in [2.75, 3.05) is 35.0 Å². The summed E-state index contributed by atoms with van der Waals surface area (Å²) in [4.78, 5) is 13.2. The Balaban J connectivity index is 2.36. The summed E-state index contributed by atoms with van der Waals surface area (Å²) in [6.45, 7) is 2.10. The van der Waals surface area contributed by atoms with E-state index in [1.54, 1.807) is 44.4 Å².